The molecule has 0 saturated carbocycles. The molecule has 0 spiro atoms. The maximum atomic E-state index is 2.31. The van der Waals surface area contributed by atoms with E-state index in [1.807, 2.05) is 0 Å². The molecular formula is C27H26Cl2SiTi-2. The molecule has 31 heavy (non-hydrogen) atoms. The van der Waals surface area contributed by atoms with Crippen LogP contribution >= 0.6 is 0 Å². The first-order chi connectivity index (χ1) is 14.0. The number of benzene rings is 3. The van der Waals surface area contributed by atoms with E-state index in [1.165, 1.54) is 37.9 Å². The maximum Gasteiger partial charge on any atom is -0.0579 e. The number of fused-ring (bicyclic) bond motifs is 2. The molecule has 0 N–H and O–H groups in total. The number of rotatable bonds is 1. The Balaban J connectivity index is 0.000000226. The van der Waals surface area contributed by atoms with Crippen LogP contribution in [0.1, 0.15) is 11.1 Å². The first-order valence-corrected chi connectivity index (χ1v) is 14.2. The second-order valence-corrected chi connectivity index (χ2v) is 12.7. The minimum Gasteiger partial charge on any atom is -1.00 e. The van der Waals surface area contributed by atoms with Gasteiger partial charge in [0.2, 0.25) is 0 Å². The van der Waals surface area contributed by atoms with Gasteiger partial charge in [0.1, 0.15) is 0 Å². The summed E-state index contributed by atoms with van der Waals surface area (Å²) in [5.41, 5.74) is 2.70. The van der Waals surface area contributed by atoms with Gasteiger partial charge < -0.3 is 24.8 Å². The smallest absolute Gasteiger partial charge is 0.0579 e. The van der Waals surface area contributed by atoms with Crippen LogP contribution in [0.25, 0.3) is 21.5 Å². The van der Waals surface area contributed by atoms with Crippen molar-refractivity contribution in [3.8, 4) is 0 Å². The van der Waals surface area contributed by atoms with E-state index in [2.05, 4.69) is 143 Å². The molecule has 158 valence electrons. The molecule has 0 bridgehead atoms. The molecule has 5 aromatic rings. The first kappa shape index (κ1) is 27.4. The van der Waals surface area contributed by atoms with Crippen LogP contribution in [0, 0.1) is 13.8 Å². The van der Waals surface area contributed by atoms with E-state index in [0.717, 1.165) is 0 Å². The Hall–Kier alpha value is -1.61. The van der Waals surface area contributed by atoms with Crippen molar-refractivity contribution in [3.63, 3.8) is 0 Å². The van der Waals surface area contributed by atoms with Crippen LogP contribution in [0.5, 0.6) is 0 Å². The van der Waals surface area contributed by atoms with Crippen LogP contribution in [0.3, 0.4) is 0 Å². The number of hydrogen-bond acceptors (Lipinski definition) is 0. The minimum absolute atomic E-state index is 0. The Labute approximate surface area is 210 Å². The van der Waals surface area contributed by atoms with Crippen molar-refractivity contribution in [3.05, 3.63) is 114 Å². The van der Waals surface area contributed by atoms with Crippen molar-refractivity contribution >= 4 is 32.9 Å². The quantitative estimate of drug-likeness (QED) is 0.238. The van der Waals surface area contributed by atoms with Gasteiger partial charge in [0, 0.05) is 0 Å². The molecule has 0 atom stereocenters. The van der Waals surface area contributed by atoms with Crippen LogP contribution in [0.15, 0.2) is 103 Å². The zero-order chi connectivity index (χ0) is 20.6. The van der Waals surface area contributed by atoms with Crippen LogP contribution in [-0.2, 0) is 19.2 Å². The Morgan fingerprint density at radius 3 is 1.35 bits per heavy atom. The van der Waals surface area contributed by atoms with Gasteiger partial charge in [-0.2, -0.15) is 12.1 Å². The average Bonchev–Trinajstić information content (AvgIpc) is 3.30. The van der Waals surface area contributed by atoms with Gasteiger partial charge in [-0.3, -0.25) is 0 Å². The molecule has 0 aliphatic rings. The summed E-state index contributed by atoms with van der Waals surface area (Å²) in [6.45, 7) is 6.56. The largest absolute Gasteiger partial charge is 1.00 e. The van der Waals surface area contributed by atoms with Gasteiger partial charge in [0.05, 0.1) is 0 Å². The Bertz CT molecular complexity index is 1070. The maximum absolute atomic E-state index is 2.31. The van der Waals surface area contributed by atoms with E-state index < -0.39 is 0 Å². The SMILES string of the molecule is C[Si](=[Ti+2])c1ccccc1.Cc1cc2ccccc2[cH-]1.Cc1cc2ccccc2[cH-]1.[Cl-].[Cl-]. The second-order valence-electron chi connectivity index (χ2n) is 7.31. The molecule has 0 heterocycles. The molecule has 0 unspecified atom stereocenters. The molecule has 0 radical (unpaired) electrons. The number of aryl methyl sites for hydroxylation is 2. The predicted molar refractivity (Wildman–Crippen MR) is 126 cm³/mol. The topological polar surface area (TPSA) is 0 Å². The molecule has 0 aliphatic carbocycles. The zero-order valence-electron chi connectivity index (χ0n) is 18.1. The van der Waals surface area contributed by atoms with Crippen LogP contribution in [-0.4, -0.2) is 6.19 Å². The molecule has 5 aromatic carbocycles. The third-order valence-electron chi connectivity index (χ3n) is 4.73. The molecule has 5 rings (SSSR count). The van der Waals surface area contributed by atoms with Crippen molar-refractivity contribution in [2.24, 2.45) is 0 Å². The summed E-state index contributed by atoms with van der Waals surface area (Å²) in [4.78, 5) is 0. The van der Waals surface area contributed by atoms with Gasteiger partial charge in [0.15, 0.2) is 0 Å². The molecule has 0 fully saturated rings. The predicted octanol–water partition coefficient (Wildman–Crippen LogP) is 0.804. The van der Waals surface area contributed by atoms with Gasteiger partial charge in [-0.15, -0.1) is 81.2 Å². The number of halogens is 2. The van der Waals surface area contributed by atoms with Gasteiger partial charge in [-0.1, -0.05) is 26.0 Å². The minimum atomic E-state index is -0.212. The average molecular weight is 497 g/mol. The summed E-state index contributed by atoms with van der Waals surface area (Å²) in [6, 6.07) is 36.3. The molecule has 0 saturated heterocycles. The van der Waals surface area contributed by atoms with Gasteiger partial charge in [-0.25, -0.2) is 0 Å². The summed E-state index contributed by atoms with van der Waals surface area (Å²) in [5, 5.41) is 6.91. The molecule has 0 aliphatic heterocycles. The van der Waals surface area contributed by atoms with E-state index in [1.54, 1.807) is 0 Å². The summed E-state index contributed by atoms with van der Waals surface area (Å²) < 4.78 is 0. The van der Waals surface area contributed by atoms with E-state index in [-0.39, 0.29) is 31.0 Å². The molecule has 0 nitrogen and oxygen atoms in total. The summed E-state index contributed by atoms with van der Waals surface area (Å²) in [5.74, 6) is 0. The molecule has 0 amide bonds. The van der Waals surface area contributed by atoms with Gasteiger partial charge in [-0.05, 0) is 0 Å². The van der Waals surface area contributed by atoms with Crippen LogP contribution in [0.4, 0.5) is 0 Å². The number of hydrogen-bond donors (Lipinski definition) is 0. The molecule has 4 heteroatoms. The fourth-order valence-electron chi connectivity index (χ4n) is 3.30. The fraction of sp³-hybridized carbons (Fsp3) is 0.111. The summed E-state index contributed by atoms with van der Waals surface area (Å²) in [6.07, 6.45) is -0.212. The van der Waals surface area contributed by atoms with Gasteiger partial charge in [0.25, 0.3) is 0 Å². The van der Waals surface area contributed by atoms with Crippen molar-refractivity contribution < 1.29 is 44.0 Å². The van der Waals surface area contributed by atoms with E-state index in [4.69, 9.17) is 0 Å². The van der Waals surface area contributed by atoms with E-state index in [0.29, 0.717) is 0 Å². The third-order valence-corrected chi connectivity index (χ3v) is 7.28. The first-order valence-electron chi connectivity index (χ1n) is 9.87. The molecule has 0 aromatic heterocycles. The Morgan fingerprint density at radius 2 is 1.00 bits per heavy atom. The summed E-state index contributed by atoms with van der Waals surface area (Å²) in [7, 11) is 0. The van der Waals surface area contributed by atoms with Crippen molar-refractivity contribution in [1.29, 1.82) is 0 Å². The van der Waals surface area contributed by atoms with Crippen LogP contribution < -0.4 is 30.0 Å². The van der Waals surface area contributed by atoms with E-state index in [9.17, 15) is 0 Å². The Kier molecular flexibility index (Phi) is 12.1. The van der Waals surface area contributed by atoms with Gasteiger partial charge >= 0.3 is 67.4 Å². The molecular weight excluding hydrogens is 471 g/mol. The zero-order valence-corrected chi connectivity index (χ0v) is 22.1. The van der Waals surface area contributed by atoms with Crippen LogP contribution in [0.2, 0.25) is 6.55 Å². The van der Waals surface area contributed by atoms with E-state index >= 15 is 0 Å². The second kappa shape index (κ2) is 13.7. The summed E-state index contributed by atoms with van der Waals surface area (Å²) >= 11 is 2.31. The van der Waals surface area contributed by atoms with Crippen molar-refractivity contribution in [2.45, 2.75) is 20.4 Å². The normalized spacial score (nSPS) is 9.45. The standard InChI is InChI=1S/2C10H9.C7H8Si.2ClH.Ti/c2*1-8-6-9-4-2-3-5-10(9)7-8;1-8-7-5-3-2-4-6-7;;;/h2*2-7H,1H3;2-6H,1H3;2*1H;/q2*-1;;;;+2/p-2. The monoisotopic (exact) mass is 496 g/mol. The third kappa shape index (κ3) is 8.44. The Morgan fingerprint density at radius 1 is 0.613 bits per heavy atom. The van der Waals surface area contributed by atoms with Crippen molar-refractivity contribution in [1.82, 2.24) is 0 Å². The van der Waals surface area contributed by atoms with Crippen molar-refractivity contribution in [2.75, 3.05) is 0 Å². The fourth-order valence-corrected chi connectivity index (χ4v) is 4.77.